The molecule has 1 amide bonds. The Hall–Kier alpha value is -4.02. The summed E-state index contributed by atoms with van der Waals surface area (Å²) in [5, 5.41) is 0. The molecule has 3 heterocycles. The molecule has 3 unspecified atom stereocenters. The maximum atomic E-state index is 17.4. The highest BCUT2D eigenvalue weighted by atomic mass is 127. The van der Waals surface area contributed by atoms with Gasteiger partial charge in [-0.1, -0.05) is 84.2 Å². The molecule has 1 saturated heterocycles. The number of carbonyl (C=O) groups excluding carboxylic acids is 2. The molecule has 14 heteroatoms. The molecule has 0 spiro atoms. The fourth-order valence-electron chi connectivity index (χ4n) is 9.60. The van der Waals surface area contributed by atoms with Crippen LogP contribution in [0.3, 0.4) is 0 Å². The molecular weight excluding hydrogens is 1030 g/mol. The Labute approximate surface area is 426 Å². The number of esters is 1. The van der Waals surface area contributed by atoms with Crippen molar-refractivity contribution >= 4 is 92.5 Å². The second-order valence-corrected chi connectivity index (χ2v) is 23.4. The van der Waals surface area contributed by atoms with Gasteiger partial charge >= 0.3 is 12.1 Å². The van der Waals surface area contributed by atoms with E-state index in [9.17, 15) is 9.59 Å². The number of para-hydroxylation sites is 1. The molecule has 9 rings (SSSR count). The lowest BCUT2D eigenvalue weighted by molar-refractivity contribution is -0.152. The van der Waals surface area contributed by atoms with Crippen molar-refractivity contribution in [3.05, 3.63) is 131 Å². The summed E-state index contributed by atoms with van der Waals surface area (Å²) < 4.78 is 42.5. The second kappa shape index (κ2) is 20.4. The largest absolute Gasteiger partial charge is 0.458 e. The van der Waals surface area contributed by atoms with Crippen molar-refractivity contribution in [3.63, 3.8) is 0 Å². The first-order valence-electron chi connectivity index (χ1n) is 23.5. The van der Waals surface area contributed by atoms with E-state index in [1.807, 2.05) is 63.2 Å². The highest BCUT2D eigenvalue weighted by molar-refractivity contribution is 14.1. The third-order valence-electron chi connectivity index (χ3n) is 13.3. The number of halogens is 4. The number of anilines is 4. The summed E-state index contributed by atoms with van der Waals surface area (Å²) in [6.45, 7) is 12.6. The number of alkyl halides is 4. The van der Waals surface area contributed by atoms with Crippen molar-refractivity contribution in [2.24, 2.45) is 11.8 Å². The first-order chi connectivity index (χ1) is 32.6. The molecule has 5 aromatic rings. The topological polar surface area (TPSA) is 65.6 Å². The van der Waals surface area contributed by atoms with Crippen molar-refractivity contribution < 1.29 is 27.8 Å². The van der Waals surface area contributed by atoms with Gasteiger partial charge in [0.1, 0.15) is 17.9 Å². The Balaban J connectivity index is 0.873. The van der Waals surface area contributed by atoms with Crippen LogP contribution in [0.2, 0.25) is 0 Å². The van der Waals surface area contributed by atoms with Gasteiger partial charge in [-0.25, -0.2) is 18.4 Å². The van der Waals surface area contributed by atoms with Gasteiger partial charge in [0.05, 0.1) is 22.7 Å². The second-order valence-electron chi connectivity index (χ2n) is 19.4. The summed E-state index contributed by atoms with van der Waals surface area (Å²) in [5.74, 6) is -0.461. The number of ether oxygens (including phenoxy) is 2. The highest BCUT2D eigenvalue weighted by Gasteiger charge is 2.52. The third-order valence-corrected chi connectivity index (χ3v) is 16.9. The molecule has 4 aliphatic rings. The molecule has 68 heavy (non-hydrogen) atoms. The number of carbonyl (C=O) groups is 2. The number of fused-ring (bicyclic) bond motifs is 4. The number of hydrogen-bond acceptors (Lipinski definition) is 9. The van der Waals surface area contributed by atoms with Gasteiger partial charge in [-0.05, 0) is 154 Å². The van der Waals surface area contributed by atoms with Crippen molar-refractivity contribution in [3.8, 4) is 0 Å². The smallest absolute Gasteiger partial charge is 0.410 e. The van der Waals surface area contributed by atoms with Gasteiger partial charge in [-0.3, -0.25) is 4.90 Å². The number of nitrogens with zero attached hydrogens (tertiary/aromatic N) is 4. The Morgan fingerprint density at radius 3 is 1.97 bits per heavy atom. The minimum Gasteiger partial charge on any atom is -0.458 e. The maximum absolute atomic E-state index is 17.4. The van der Waals surface area contributed by atoms with Gasteiger partial charge in [-0.15, -0.1) is 11.6 Å². The Kier molecular flexibility index (Phi) is 14.7. The molecule has 2 fully saturated rings. The number of piperazine rings is 1. The van der Waals surface area contributed by atoms with E-state index in [4.69, 9.17) is 21.1 Å². The standard InChI is InChI=1S/C54H58ClF2IN4O4S2/c1-52(2,3)66-51(64)60-28-26-59(27-29-60)23-11-25-61-42-14-8-9-15-46(42)67-48-20-17-39(33-44(48)61)53(4,56)41-32-38(41)30-37-16-19-47-43(31-37)62(24-10-22-55)45-34-40(18-21-49(45)68-47)54(57,58)50(63)65-35-36-12-6-5-7-13-36/h5-9,12-21,31,33-34,38,41H,10-11,22-30,32,35H2,1-4H3/t38-,41?,53?,54?/m0/s1. The molecule has 358 valence electrons. The van der Waals surface area contributed by atoms with E-state index < -0.39 is 20.9 Å². The van der Waals surface area contributed by atoms with Crippen molar-refractivity contribution in [1.29, 1.82) is 0 Å². The van der Waals surface area contributed by atoms with E-state index in [-0.39, 0.29) is 30.1 Å². The van der Waals surface area contributed by atoms with Gasteiger partial charge in [-0.2, -0.15) is 0 Å². The zero-order valence-corrected chi connectivity index (χ0v) is 43.5. The van der Waals surface area contributed by atoms with Crippen LogP contribution >= 0.6 is 57.7 Å². The summed E-state index contributed by atoms with van der Waals surface area (Å²) in [7, 11) is 0. The molecule has 0 bridgehead atoms. The summed E-state index contributed by atoms with van der Waals surface area (Å²) in [5.41, 5.74) is 4.79. The van der Waals surface area contributed by atoms with Crippen molar-refractivity contribution in [2.75, 3.05) is 61.5 Å². The number of amides is 1. The quantitative estimate of drug-likeness (QED) is 0.0579. The van der Waals surface area contributed by atoms with Gasteiger partial charge in [0.25, 0.3) is 3.68 Å². The molecule has 1 saturated carbocycles. The Morgan fingerprint density at radius 1 is 0.691 bits per heavy atom. The average Bonchev–Trinajstić information content (AvgIpc) is 4.11. The molecule has 3 aliphatic heterocycles. The first kappa shape index (κ1) is 49.0. The molecule has 8 nitrogen and oxygen atoms in total. The van der Waals surface area contributed by atoms with Gasteiger partial charge < -0.3 is 24.2 Å². The summed E-state index contributed by atoms with van der Waals surface area (Å²) in [4.78, 5) is 39.0. The maximum Gasteiger partial charge on any atom is 0.410 e. The first-order valence-corrected chi connectivity index (χ1v) is 26.8. The molecule has 5 aromatic carbocycles. The molecule has 0 radical (unpaired) electrons. The lowest BCUT2D eigenvalue weighted by Crippen LogP contribution is -2.50. The minimum atomic E-state index is -2.39. The van der Waals surface area contributed by atoms with Crippen LogP contribution in [0.5, 0.6) is 0 Å². The summed E-state index contributed by atoms with van der Waals surface area (Å²) in [6, 6.07) is 35.7. The van der Waals surface area contributed by atoms with Crippen LogP contribution < -0.4 is 9.80 Å². The van der Waals surface area contributed by atoms with Crippen molar-refractivity contribution in [2.45, 2.75) is 94.5 Å². The monoisotopic (exact) mass is 1090 g/mol. The fraction of sp³-hybridized carbons (Fsp3) is 0.407. The Bertz CT molecular complexity index is 2640. The normalized spacial score (nSPS) is 19.4. The van der Waals surface area contributed by atoms with E-state index in [2.05, 4.69) is 69.3 Å². The third kappa shape index (κ3) is 10.8. The van der Waals surface area contributed by atoms with Crippen LogP contribution in [-0.4, -0.2) is 79.2 Å². The van der Waals surface area contributed by atoms with Crippen LogP contribution in [0.4, 0.5) is 36.3 Å². The number of rotatable bonds is 15. The molecular formula is C54H58ClF2IN4O4S2. The predicted molar refractivity (Wildman–Crippen MR) is 279 cm³/mol. The summed E-state index contributed by atoms with van der Waals surface area (Å²) >= 11 is 11.2. The van der Waals surface area contributed by atoms with Crippen LogP contribution in [-0.2, 0) is 36.6 Å². The van der Waals surface area contributed by atoms with Crippen LogP contribution in [0, 0.1) is 11.8 Å². The van der Waals surface area contributed by atoms with E-state index in [1.54, 1.807) is 70.1 Å². The lowest BCUT2D eigenvalue weighted by atomic mass is 9.90. The van der Waals surface area contributed by atoms with E-state index in [1.165, 1.54) is 4.90 Å². The SMILES string of the molecule is CC(C)(C)OC(=O)N1CCN(CCCN2c3ccccc3Sc3ccc(C(C)(F)C4C[C@@H]4Cc4ccc5c(c4)N(CCCCl)c4cc(C(F)(I)C(=O)OCc6ccccc6)ccc4S5)cc32)CC1. The number of hydrogen-bond donors (Lipinski definition) is 0. The molecule has 1 aliphatic carbocycles. The van der Waals surface area contributed by atoms with Crippen LogP contribution in [0.15, 0.2) is 129 Å². The minimum absolute atomic E-state index is 0.0162. The van der Waals surface area contributed by atoms with E-state index in [0.29, 0.717) is 37.5 Å². The van der Waals surface area contributed by atoms with Crippen LogP contribution in [0.25, 0.3) is 0 Å². The highest BCUT2D eigenvalue weighted by Crippen LogP contribution is 2.57. The molecule has 0 aromatic heterocycles. The predicted octanol–water partition coefficient (Wildman–Crippen LogP) is 13.8. The number of benzene rings is 5. The fourth-order valence-corrected chi connectivity index (χ4v) is 12.3. The van der Waals surface area contributed by atoms with Gasteiger partial charge in [0.2, 0.25) is 0 Å². The van der Waals surface area contributed by atoms with Gasteiger partial charge in [0.15, 0.2) is 0 Å². The van der Waals surface area contributed by atoms with Crippen LogP contribution in [0.1, 0.15) is 69.2 Å². The summed E-state index contributed by atoms with van der Waals surface area (Å²) in [6.07, 6.45) is 2.89. The van der Waals surface area contributed by atoms with Crippen molar-refractivity contribution in [1.82, 2.24) is 9.80 Å². The Morgan fingerprint density at radius 2 is 1.28 bits per heavy atom. The van der Waals surface area contributed by atoms with Gasteiger partial charge in [0, 0.05) is 76.2 Å². The lowest BCUT2D eigenvalue weighted by Gasteiger charge is -2.37. The van der Waals surface area contributed by atoms with E-state index >= 15 is 8.78 Å². The zero-order chi connectivity index (χ0) is 47.8. The molecule has 0 N–H and O–H groups in total. The average molecular weight is 1090 g/mol. The zero-order valence-electron chi connectivity index (χ0n) is 39.0. The van der Waals surface area contributed by atoms with E-state index in [0.717, 1.165) is 94.0 Å². The molecule has 4 atom stereocenters.